The van der Waals surface area contributed by atoms with Gasteiger partial charge in [-0.15, -0.1) is 0 Å². The van der Waals surface area contributed by atoms with Crippen LogP contribution >= 0.6 is 0 Å². The van der Waals surface area contributed by atoms with E-state index in [1.807, 2.05) is 42.5 Å². The van der Waals surface area contributed by atoms with E-state index >= 15 is 0 Å². The molecule has 0 saturated heterocycles. The molecule has 0 amide bonds. The van der Waals surface area contributed by atoms with Gasteiger partial charge in [-0.25, -0.2) is 0 Å². The molecule has 2 aromatic carbocycles. The van der Waals surface area contributed by atoms with Gasteiger partial charge in [-0.1, -0.05) is 42.5 Å². The third-order valence-electron chi connectivity index (χ3n) is 2.70. The Morgan fingerprint density at radius 3 is 2.28 bits per heavy atom. The zero-order valence-electron chi connectivity index (χ0n) is 10.6. The fourth-order valence-electron chi connectivity index (χ4n) is 1.71. The maximum absolute atomic E-state index is 5.34. The lowest BCUT2D eigenvalue weighted by atomic mass is 10.1. The highest BCUT2D eigenvalue weighted by atomic mass is 16.5. The van der Waals surface area contributed by atoms with Crippen LogP contribution in [-0.2, 0) is 0 Å². The summed E-state index contributed by atoms with van der Waals surface area (Å²) in [7, 11) is 3.31. The highest BCUT2D eigenvalue weighted by Crippen LogP contribution is 2.26. The van der Waals surface area contributed by atoms with Crippen LogP contribution in [0.5, 0.6) is 11.5 Å². The van der Waals surface area contributed by atoms with Crippen molar-refractivity contribution in [3.8, 4) is 11.5 Å². The molecule has 2 aromatic rings. The average molecular weight is 240 g/mol. The molecule has 0 aliphatic rings. The summed E-state index contributed by atoms with van der Waals surface area (Å²) in [4.78, 5) is 0. The fourth-order valence-corrected chi connectivity index (χ4v) is 1.71. The Kier molecular flexibility index (Phi) is 4.02. The van der Waals surface area contributed by atoms with E-state index < -0.39 is 0 Å². The first-order valence-electron chi connectivity index (χ1n) is 5.78. The first-order chi connectivity index (χ1) is 8.83. The number of hydrogen-bond acceptors (Lipinski definition) is 2. The van der Waals surface area contributed by atoms with Crippen LogP contribution in [0.25, 0.3) is 12.2 Å². The van der Waals surface area contributed by atoms with E-state index in [0.29, 0.717) is 0 Å². The van der Waals surface area contributed by atoms with Crippen molar-refractivity contribution in [1.29, 1.82) is 0 Å². The van der Waals surface area contributed by atoms with Crippen molar-refractivity contribution in [1.82, 2.24) is 0 Å². The minimum absolute atomic E-state index is 0.795. The molecular weight excluding hydrogens is 224 g/mol. The molecule has 0 heterocycles. The predicted molar refractivity (Wildman–Crippen MR) is 74.9 cm³/mol. The van der Waals surface area contributed by atoms with Crippen molar-refractivity contribution in [3.05, 3.63) is 59.7 Å². The molecule has 0 N–H and O–H groups in total. The summed E-state index contributed by atoms with van der Waals surface area (Å²) in [6, 6.07) is 16.0. The summed E-state index contributed by atoms with van der Waals surface area (Å²) in [6.45, 7) is 0. The van der Waals surface area contributed by atoms with E-state index in [9.17, 15) is 0 Å². The maximum Gasteiger partial charge on any atom is 0.129 e. The van der Waals surface area contributed by atoms with Gasteiger partial charge in [-0.3, -0.25) is 0 Å². The highest BCUT2D eigenvalue weighted by molar-refractivity contribution is 5.73. The Bertz CT molecular complexity index is 530. The van der Waals surface area contributed by atoms with Crippen molar-refractivity contribution < 1.29 is 9.47 Å². The van der Waals surface area contributed by atoms with Crippen LogP contribution in [0.2, 0.25) is 0 Å². The Hall–Kier alpha value is -2.22. The Morgan fingerprint density at radius 2 is 1.61 bits per heavy atom. The van der Waals surface area contributed by atoms with Crippen molar-refractivity contribution in [2.45, 2.75) is 0 Å². The predicted octanol–water partition coefficient (Wildman–Crippen LogP) is 3.87. The van der Waals surface area contributed by atoms with Gasteiger partial charge in [0.15, 0.2) is 0 Å². The zero-order valence-corrected chi connectivity index (χ0v) is 10.6. The van der Waals surface area contributed by atoms with E-state index in [1.165, 1.54) is 0 Å². The second-order valence-electron chi connectivity index (χ2n) is 3.85. The monoisotopic (exact) mass is 240 g/mol. The van der Waals surface area contributed by atoms with E-state index in [-0.39, 0.29) is 0 Å². The SMILES string of the molecule is COc1ccc(/C=C\c2ccccc2)c(OC)c1. The van der Waals surface area contributed by atoms with Crippen LogP contribution in [0, 0.1) is 0 Å². The molecule has 0 unspecified atom stereocenters. The fraction of sp³-hybridized carbons (Fsp3) is 0.125. The lowest BCUT2D eigenvalue weighted by Gasteiger charge is -2.07. The highest BCUT2D eigenvalue weighted by Gasteiger charge is 2.01. The molecule has 18 heavy (non-hydrogen) atoms. The number of rotatable bonds is 4. The van der Waals surface area contributed by atoms with E-state index in [1.54, 1.807) is 14.2 Å². The van der Waals surface area contributed by atoms with Crippen LogP contribution in [0.1, 0.15) is 11.1 Å². The second-order valence-corrected chi connectivity index (χ2v) is 3.85. The van der Waals surface area contributed by atoms with Crippen molar-refractivity contribution in [3.63, 3.8) is 0 Å². The normalized spacial score (nSPS) is 10.6. The van der Waals surface area contributed by atoms with Gasteiger partial charge >= 0.3 is 0 Å². The van der Waals surface area contributed by atoms with Gasteiger partial charge in [0, 0.05) is 11.6 Å². The molecule has 0 radical (unpaired) electrons. The quantitative estimate of drug-likeness (QED) is 0.755. The Labute approximate surface area is 107 Å². The third kappa shape index (κ3) is 2.92. The summed E-state index contributed by atoms with van der Waals surface area (Å²) >= 11 is 0. The Balaban J connectivity index is 2.26. The molecule has 92 valence electrons. The second kappa shape index (κ2) is 5.92. The van der Waals surface area contributed by atoms with Gasteiger partial charge in [-0.2, -0.15) is 0 Å². The molecule has 2 rings (SSSR count). The largest absolute Gasteiger partial charge is 0.497 e. The summed E-state index contributed by atoms with van der Waals surface area (Å²) in [5, 5.41) is 0. The molecule has 2 nitrogen and oxygen atoms in total. The van der Waals surface area contributed by atoms with Crippen LogP contribution in [0.15, 0.2) is 48.5 Å². The molecule has 0 saturated carbocycles. The molecule has 0 spiro atoms. The van der Waals surface area contributed by atoms with E-state index in [4.69, 9.17) is 9.47 Å². The molecule has 0 fully saturated rings. The smallest absolute Gasteiger partial charge is 0.129 e. The number of ether oxygens (including phenoxy) is 2. The van der Waals surface area contributed by atoms with Crippen molar-refractivity contribution >= 4 is 12.2 Å². The summed E-state index contributed by atoms with van der Waals surface area (Å²) in [5.41, 5.74) is 2.19. The van der Waals surface area contributed by atoms with Gasteiger partial charge < -0.3 is 9.47 Å². The minimum Gasteiger partial charge on any atom is -0.497 e. The summed E-state index contributed by atoms with van der Waals surface area (Å²) in [6.07, 6.45) is 4.10. The standard InChI is InChI=1S/C16H16O2/c1-17-15-11-10-14(16(12-15)18-2)9-8-13-6-4-3-5-7-13/h3-12H,1-2H3/b9-8-. The van der Waals surface area contributed by atoms with E-state index in [0.717, 1.165) is 22.6 Å². The van der Waals surface area contributed by atoms with Crippen molar-refractivity contribution in [2.24, 2.45) is 0 Å². The van der Waals surface area contributed by atoms with Crippen molar-refractivity contribution in [2.75, 3.05) is 14.2 Å². The number of hydrogen-bond donors (Lipinski definition) is 0. The van der Waals surface area contributed by atoms with E-state index in [2.05, 4.69) is 18.2 Å². The van der Waals surface area contributed by atoms with Crippen LogP contribution in [0.4, 0.5) is 0 Å². The van der Waals surface area contributed by atoms with Crippen LogP contribution in [0.3, 0.4) is 0 Å². The van der Waals surface area contributed by atoms with Crippen LogP contribution < -0.4 is 9.47 Å². The third-order valence-corrected chi connectivity index (χ3v) is 2.70. The lowest BCUT2D eigenvalue weighted by molar-refractivity contribution is 0.394. The molecule has 0 aliphatic heterocycles. The summed E-state index contributed by atoms with van der Waals surface area (Å²) < 4.78 is 10.5. The lowest BCUT2D eigenvalue weighted by Crippen LogP contribution is -1.89. The molecule has 0 bridgehead atoms. The molecule has 0 aliphatic carbocycles. The molecule has 0 aromatic heterocycles. The van der Waals surface area contributed by atoms with Gasteiger partial charge in [0.05, 0.1) is 14.2 Å². The van der Waals surface area contributed by atoms with Gasteiger partial charge in [0.2, 0.25) is 0 Å². The first-order valence-corrected chi connectivity index (χ1v) is 5.78. The molecule has 2 heteroatoms. The molecular formula is C16H16O2. The van der Waals surface area contributed by atoms with Gasteiger partial charge in [0.1, 0.15) is 11.5 Å². The van der Waals surface area contributed by atoms with Crippen LogP contribution in [-0.4, -0.2) is 14.2 Å². The first kappa shape index (κ1) is 12.2. The number of methoxy groups -OCH3 is 2. The van der Waals surface area contributed by atoms with Gasteiger partial charge in [0.25, 0.3) is 0 Å². The molecule has 0 atom stereocenters. The van der Waals surface area contributed by atoms with Gasteiger partial charge in [-0.05, 0) is 17.7 Å². The zero-order chi connectivity index (χ0) is 12.8. The Morgan fingerprint density at radius 1 is 0.833 bits per heavy atom. The topological polar surface area (TPSA) is 18.5 Å². The maximum atomic E-state index is 5.34. The minimum atomic E-state index is 0.795. The summed E-state index contributed by atoms with van der Waals surface area (Å²) in [5.74, 6) is 1.60. The average Bonchev–Trinajstić information content (AvgIpc) is 2.46. The number of benzene rings is 2.